The Morgan fingerprint density at radius 2 is 2.41 bits per heavy atom. The average molecular weight is 236 g/mol. The van der Waals surface area contributed by atoms with Gasteiger partial charge in [-0.05, 0) is 39.2 Å². The van der Waals surface area contributed by atoms with E-state index < -0.39 is 0 Å². The summed E-state index contributed by atoms with van der Waals surface area (Å²) in [6.07, 6.45) is 3.19. The van der Waals surface area contributed by atoms with Crippen molar-refractivity contribution in [2.24, 2.45) is 5.73 Å². The van der Waals surface area contributed by atoms with Crippen LogP contribution < -0.4 is 5.73 Å². The van der Waals surface area contributed by atoms with Gasteiger partial charge >= 0.3 is 0 Å². The number of nitrogens with one attached hydrogen (secondary N) is 1. The number of hydrogen-bond donors (Lipinski definition) is 2. The number of amides is 1. The molecule has 1 amide bonds. The Labute approximate surface area is 101 Å². The van der Waals surface area contributed by atoms with Gasteiger partial charge in [0.1, 0.15) is 5.69 Å². The van der Waals surface area contributed by atoms with Crippen molar-refractivity contribution < 1.29 is 4.79 Å². The van der Waals surface area contributed by atoms with E-state index in [1.165, 1.54) is 0 Å². The van der Waals surface area contributed by atoms with Gasteiger partial charge in [0, 0.05) is 24.3 Å². The molecule has 1 aromatic rings. The van der Waals surface area contributed by atoms with Gasteiger partial charge in [-0.15, -0.1) is 0 Å². The molecule has 94 valence electrons. The molecule has 2 heterocycles. The van der Waals surface area contributed by atoms with Gasteiger partial charge in [0.25, 0.3) is 5.91 Å². The second kappa shape index (κ2) is 4.87. The zero-order valence-electron chi connectivity index (χ0n) is 10.4. The summed E-state index contributed by atoms with van der Waals surface area (Å²) in [6, 6.07) is 2.20. The maximum atomic E-state index is 12.4. The Kier molecular flexibility index (Phi) is 3.47. The highest BCUT2D eigenvalue weighted by Gasteiger charge is 2.32. The average Bonchev–Trinajstić information content (AvgIpc) is 2.74. The number of nitrogens with zero attached hydrogens (tertiary/aromatic N) is 2. The topological polar surface area (TPSA) is 75.0 Å². The van der Waals surface area contributed by atoms with E-state index in [0.29, 0.717) is 12.2 Å². The monoisotopic (exact) mass is 236 g/mol. The van der Waals surface area contributed by atoms with Crippen LogP contribution in [0.4, 0.5) is 0 Å². The molecule has 0 aliphatic carbocycles. The summed E-state index contributed by atoms with van der Waals surface area (Å²) in [5, 5.41) is 6.84. The highest BCUT2D eigenvalue weighted by atomic mass is 16.2. The van der Waals surface area contributed by atoms with Gasteiger partial charge < -0.3 is 10.6 Å². The number of piperidine rings is 1. The number of likely N-dealkylation sites (tertiary alicyclic amines) is 1. The van der Waals surface area contributed by atoms with Gasteiger partial charge in [-0.3, -0.25) is 9.89 Å². The number of hydrogen-bond acceptors (Lipinski definition) is 3. The maximum absolute atomic E-state index is 12.4. The Hall–Kier alpha value is -1.36. The lowest BCUT2D eigenvalue weighted by molar-refractivity contribution is 0.0488. The number of H-pyrrole nitrogens is 1. The summed E-state index contributed by atoms with van der Waals surface area (Å²) in [5.41, 5.74) is 7.15. The molecule has 3 N–H and O–H groups in total. The summed E-state index contributed by atoms with van der Waals surface area (Å²) < 4.78 is 0. The molecule has 2 unspecified atom stereocenters. The van der Waals surface area contributed by atoms with Crippen molar-refractivity contribution in [3.63, 3.8) is 0 Å². The van der Waals surface area contributed by atoms with Crippen molar-refractivity contribution in [3.8, 4) is 0 Å². The third-order valence-electron chi connectivity index (χ3n) is 3.46. The zero-order chi connectivity index (χ0) is 12.4. The van der Waals surface area contributed by atoms with E-state index in [9.17, 15) is 4.79 Å². The predicted octanol–water partition coefficient (Wildman–Crippen LogP) is 1.06. The van der Waals surface area contributed by atoms with Crippen molar-refractivity contribution in [1.29, 1.82) is 0 Å². The van der Waals surface area contributed by atoms with Crippen molar-refractivity contribution >= 4 is 5.91 Å². The minimum Gasteiger partial charge on any atom is -0.330 e. The first-order valence-electron chi connectivity index (χ1n) is 6.18. The molecule has 0 aromatic carbocycles. The first-order valence-corrected chi connectivity index (χ1v) is 6.18. The second-order valence-electron chi connectivity index (χ2n) is 4.82. The molecular weight excluding hydrogens is 216 g/mol. The van der Waals surface area contributed by atoms with Crippen LogP contribution in [-0.2, 0) is 0 Å². The van der Waals surface area contributed by atoms with Crippen LogP contribution in [0.15, 0.2) is 6.07 Å². The Balaban J connectivity index is 2.21. The minimum atomic E-state index is -0.00278. The highest BCUT2D eigenvalue weighted by molar-refractivity contribution is 5.92. The fourth-order valence-electron chi connectivity index (χ4n) is 2.54. The van der Waals surface area contributed by atoms with Gasteiger partial charge in [-0.25, -0.2) is 0 Å². The Bertz CT molecular complexity index is 401. The van der Waals surface area contributed by atoms with Crippen LogP contribution >= 0.6 is 0 Å². The SMILES string of the molecule is Cc1cc(C(=O)N2C(C)CCCC2CN)n[nH]1. The number of aromatic nitrogens is 2. The van der Waals surface area contributed by atoms with Crippen molar-refractivity contribution in [2.45, 2.75) is 45.2 Å². The molecule has 5 heteroatoms. The predicted molar refractivity (Wildman–Crippen MR) is 65.6 cm³/mol. The van der Waals surface area contributed by atoms with Crippen LogP contribution in [0.2, 0.25) is 0 Å². The lowest BCUT2D eigenvalue weighted by atomic mass is 9.96. The summed E-state index contributed by atoms with van der Waals surface area (Å²) >= 11 is 0. The molecule has 1 fully saturated rings. The normalized spacial score (nSPS) is 25.0. The van der Waals surface area contributed by atoms with Crippen molar-refractivity contribution in [3.05, 3.63) is 17.5 Å². The van der Waals surface area contributed by atoms with Gasteiger partial charge in [-0.2, -0.15) is 5.10 Å². The van der Waals surface area contributed by atoms with E-state index in [2.05, 4.69) is 17.1 Å². The molecule has 1 aliphatic rings. The maximum Gasteiger partial charge on any atom is 0.274 e. The number of aryl methyl sites for hydroxylation is 1. The first-order chi connectivity index (χ1) is 8.13. The smallest absolute Gasteiger partial charge is 0.274 e. The molecule has 1 saturated heterocycles. The first kappa shape index (κ1) is 12.1. The van der Waals surface area contributed by atoms with E-state index in [0.717, 1.165) is 25.0 Å². The summed E-state index contributed by atoms with van der Waals surface area (Å²) in [4.78, 5) is 14.3. The zero-order valence-corrected chi connectivity index (χ0v) is 10.4. The van der Waals surface area contributed by atoms with Crippen molar-refractivity contribution in [2.75, 3.05) is 6.54 Å². The fraction of sp³-hybridized carbons (Fsp3) is 0.667. The van der Waals surface area contributed by atoms with E-state index in [1.807, 2.05) is 11.8 Å². The number of aromatic amines is 1. The molecule has 2 rings (SSSR count). The van der Waals surface area contributed by atoms with E-state index in [1.54, 1.807) is 6.07 Å². The summed E-state index contributed by atoms with van der Waals surface area (Å²) in [5.74, 6) is -0.00278. The standard InChI is InChI=1S/C12H20N4O/c1-8-6-11(15-14-8)12(17)16-9(2)4-3-5-10(16)7-13/h6,9-10H,3-5,7,13H2,1-2H3,(H,14,15). The largest absolute Gasteiger partial charge is 0.330 e. The molecule has 5 nitrogen and oxygen atoms in total. The molecule has 2 atom stereocenters. The lowest BCUT2D eigenvalue weighted by Gasteiger charge is -2.39. The number of rotatable bonds is 2. The van der Waals surface area contributed by atoms with Crippen LogP contribution in [0.25, 0.3) is 0 Å². The van der Waals surface area contributed by atoms with Crippen LogP contribution in [0.3, 0.4) is 0 Å². The fourth-order valence-corrected chi connectivity index (χ4v) is 2.54. The van der Waals surface area contributed by atoms with E-state index in [4.69, 9.17) is 5.73 Å². The van der Waals surface area contributed by atoms with Crippen LogP contribution in [0, 0.1) is 6.92 Å². The van der Waals surface area contributed by atoms with Gasteiger partial charge in [0.05, 0.1) is 0 Å². The second-order valence-corrected chi connectivity index (χ2v) is 4.82. The molecule has 17 heavy (non-hydrogen) atoms. The van der Waals surface area contributed by atoms with Gasteiger partial charge in [0.2, 0.25) is 0 Å². The molecule has 0 spiro atoms. The Morgan fingerprint density at radius 3 is 3.00 bits per heavy atom. The summed E-state index contributed by atoms with van der Waals surface area (Å²) in [6.45, 7) is 4.50. The highest BCUT2D eigenvalue weighted by Crippen LogP contribution is 2.24. The molecule has 1 aliphatic heterocycles. The third-order valence-corrected chi connectivity index (χ3v) is 3.46. The lowest BCUT2D eigenvalue weighted by Crippen LogP contribution is -2.51. The van der Waals surface area contributed by atoms with E-state index >= 15 is 0 Å². The molecule has 0 radical (unpaired) electrons. The van der Waals surface area contributed by atoms with Crippen LogP contribution in [-0.4, -0.2) is 39.6 Å². The van der Waals surface area contributed by atoms with Crippen molar-refractivity contribution in [1.82, 2.24) is 15.1 Å². The molecule has 0 bridgehead atoms. The van der Waals surface area contributed by atoms with Gasteiger partial charge in [-0.1, -0.05) is 0 Å². The van der Waals surface area contributed by atoms with E-state index in [-0.39, 0.29) is 18.0 Å². The van der Waals surface area contributed by atoms with Crippen LogP contribution in [0.5, 0.6) is 0 Å². The quantitative estimate of drug-likeness (QED) is 0.806. The number of nitrogens with two attached hydrogens (primary N) is 1. The van der Waals surface area contributed by atoms with Crippen LogP contribution in [0.1, 0.15) is 42.4 Å². The molecule has 1 aromatic heterocycles. The number of carbonyl (C=O) groups excluding carboxylic acids is 1. The third kappa shape index (κ3) is 2.34. The number of carbonyl (C=O) groups is 1. The summed E-state index contributed by atoms with van der Waals surface area (Å²) in [7, 11) is 0. The molecule has 0 saturated carbocycles. The van der Waals surface area contributed by atoms with Gasteiger partial charge in [0.15, 0.2) is 0 Å². The molecular formula is C12H20N4O. The minimum absolute atomic E-state index is 0.00278. The Morgan fingerprint density at radius 1 is 1.65 bits per heavy atom.